The molecular formula is C10H23N. The van der Waals surface area contributed by atoms with Crippen LogP contribution in [0.1, 0.15) is 53.4 Å². The molecule has 0 N–H and O–H groups in total. The van der Waals surface area contributed by atoms with Crippen LogP contribution in [0.4, 0.5) is 0 Å². The molecule has 0 fully saturated rings. The van der Waals surface area contributed by atoms with Crippen LogP contribution < -0.4 is 0 Å². The number of hydrogen-bond acceptors (Lipinski definition) is 1. The van der Waals surface area contributed by atoms with Crippen LogP contribution in [-0.2, 0) is 0 Å². The Bertz CT molecular complexity index is 63.3. The van der Waals surface area contributed by atoms with E-state index in [0.717, 1.165) is 0 Å². The van der Waals surface area contributed by atoms with Crippen LogP contribution in [0, 0.1) is 0 Å². The zero-order valence-electron chi connectivity index (χ0n) is 8.56. The number of rotatable bonds is 5. The molecule has 0 rings (SSSR count). The van der Waals surface area contributed by atoms with Crippen LogP contribution in [0.15, 0.2) is 4.99 Å². The van der Waals surface area contributed by atoms with Crippen LogP contribution in [0.3, 0.4) is 0 Å². The van der Waals surface area contributed by atoms with E-state index in [1.165, 1.54) is 25.7 Å². The second-order valence-electron chi connectivity index (χ2n) is 2.41. The van der Waals surface area contributed by atoms with E-state index in [-0.39, 0.29) is 0 Å². The van der Waals surface area contributed by atoms with Crippen LogP contribution in [0.25, 0.3) is 0 Å². The maximum Gasteiger partial charge on any atom is 0.0492 e. The van der Waals surface area contributed by atoms with Crippen molar-refractivity contribution >= 4 is 6.72 Å². The Morgan fingerprint density at radius 2 is 1.45 bits per heavy atom. The van der Waals surface area contributed by atoms with Gasteiger partial charge in [0.15, 0.2) is 0 Å². The lowest BCUT2D eigenvalue weighted by atomic mass is 10.1. The smallest absolute Gasteiger partial charge is 0.0492 e. The van der Waals surface area contributed by atoms with Crippen molar-refractivity contribution < 1.29 is 0 Å². The van der Waals surface area contributed by atoms with Crippen molar-refractivity contribution in [2.24, 2.45) is 4.99 Å². The van der Waals surface area contributed by atoms with E-state index in [2.05, 4.69) is 25.6 Å². The predicted octanol–water partition coefficient (Wildman–Crippen LogP) is 3.68. The molecule has 0 amide bonds. The summed E-state index contributed by atoms with van der Waals surface area (Å²) >= 11 is 0. The summed E-state index contributed by atoms with van der Waals surface area (Å²) in [5, 5.41) is 0. The minimum Gasteiger partial charge on any atom is -0.298 e. The van der Waals surface area contributed by atoms with E-state index < -0.39 is 0 Å². The van der Waals surface area contributed by atoms with Crippen molar-refractivity contribution in [1.82, 2.24) is 0 Å². The Balaban J connectivity index is 0. The molecular weight excluding hydrogens is 134 g/mol. The summed E-state index contributed by atoms with van der Waals surface area (Å²) in [6.45, 7) is 11.9. The van der Waals surface area contributed by atoms with E-state index in [9.17, 15) is 0 Å². The molecule has 0 unspecified atom stereocenters. The molecule has 0 aromatic rings. The summed E-state index contributed by atoms with van der Waals surface area (Å²) in [5.74, 6) is 0. The largest absolute Gasteiger partial charge is 0.298 e. The molecule has 0 aromatic carbocycles. The van der Waals surface area contributed by atoms with Crippen molar-refractivity contribution in [2.45, 2.75) is 59.4 Å². The standard InChI is InChI=1S/C8H17N.C2H6/c1-4-6-8(9-3)7-5-2;1-2/h8H,3-7H2,1-2H3;1-2H3. The summed E-state index contributed by atoms with van der Waals surface area (Å²) < 4.78 is 0. The molecule has 0 bridgehead atoms. The zero-order valence-corrected chi connectivity index (χ0v) is 8.56. The summed E-state index contributed by atoms with van der Waals surface area (Å²) in [5.41, 5.74) is 0. The fraction of sp³-hybridized carbons (Fsp3) is 0.900. The van der Waals surface area contributed by atoms with E-state index in [1.807, 2.05) is 13.8 Å². The van der Waals surface area contributed by atoms with Crippen molar-refractivity contribution in [3.63, 3.8) is 0 Å². The Morgan fingerprint density at radius 3 is 1.64 bits per heavy atom. The van der Waals surface area contributed by atoms with Gasteiger partial charge < -0.3 is 0 Å². The highest BCUT2D eigenvalue weighted by molar-refractivity contribution is 5.24. The molecule has 0 aromatic heterocycles. The average molecular weight is 157 g/mol. The Morgan fingerprint density at radius 1 is 1.09 bits per heavy atom. The highest BCUT2D eigenvalue weighted by Gasteiger charge is 1.99. The molecule has 11 heavy (non-hydrogen) atoms. The number of aliphatic imine (C=N–C) groups is 1. The molecule has 0 saturated heterocycles. The van der Waals surface area contributed by atoms with Gasteiger partial charge in [0, 0.05) is 6.04 Å². The summed E-state index contributed by atoms with van der Waals surface area (Å²) in [6, 6.07) is 0.528. The van der Waals surface area contributed by atoms with Crippen molar-refractivity contribution in [3.8, 4) is 0 Å². The number of hydrogen-bond donors (Lipinski definition) is 0. The summed E-state index contributed by atoms with van der Waals surface area (Å²) in [4.78, 5) is 4.02. The molecule has 0 radical (unpaired) electrons. The molecule has 0 spiro atoms. The molecule has 0 heterocycles. The molecule has 1 heteroatoms. The molecule has 0 aliphatic heterocycles. The van der Waals surface area contributed by atoms with Gasteiger partial charge in [-0.2, -0.15) is 0 Å². The number of nitrogens with zero attached hydrogens (tertiary/aromatic N) is 1. The van der Waals surface area contributed by atoms with Crippen LogP contribution in [0.2, 0.25) is 0 Å². The topological polar surface area (TPSA) is 12.4 Å². The normalized spacial score (nSPS) is 8.82. The second kappa shape index (κ2) is 12.4. The molecule has 0 atom stereocenters. The van der Waals surface area contributed by atoms with Gasteiger partial charge in [-0.05, 0) is 19.6 Å². The third-order valence-corrected chi connectivity index (χ3v) is 1.50. The lowest BCUT2D eigenvalue weighted by Crippen LogP contribution is -2.01. The molecule has 0 aliphatic carbocycles. The van der Waals surface area contributed by atoms with E-state index in [1.54, 1.807) is 0 Å². The van der Waals surface area contributed by atoms with Crippen LogP contribution in [-0.4, -0.2) is 12.8 Å². The highest BCUT2D eigenvalue weighted by atomic mass is 14.7. The quantitative estimate of drug-likeness (QED) is 0.540. The fourth-order valence-electron chi connectivity index (χ4n) is 0.993. The first kappa shape index (κ1) is 13.3. The van der Waals surface area contributed by atoms with Gasteiger partial charge >= 0.3 is 0 Å². The maximum atomic E-state index is 4.02. The van der Waals surface area contributed by atoms with Crippen molar-refractivity contribution in [3.05, 3.63) is 0 Å². The van der Waals surface area contributed by atoms with Gasteiger partial charge in [-0.1, -0.05) is 40.5 Å². The van der Waals surface area contributed by atoms with E-state index in [0.29, 0.717) is 6.04 Å². The van der Waals surface area contributed by atoms with Gasteiger partial charge in [-0.3, -0.25) is 4.99 Å². The molecule has 68 valence electrons. The van der Waals surface area contributed by atoms with Gasteiger partial charge in [-0.25, -0.2) is 0 Å². The summed E-state index contributed by atoms with van der Waals surface area (Å²) in [7, 11) is 0. The van der Waals surface area contributed by atoms with Gasteiger partial charge in [0.05, 0.1) is 0 Å². The third-order valence-electron chi connectivity index (χ3n) is 1.50. The molecule has 0 saturated carbocycles. The van der Waals surface area contributed by atoms with Gasteiger partial charge in [0.25, 0.3) is 0 Å². The first-order valence-electron chi connectivity index (χ1n) is 4.81. The van der Waals surface area contributed by atoms with Crippen molar-refractivity contribution in [2.75, 3.05) is 0 Å². The van der Waals surface area contributed by atoms with E-state index in [4.69, 9.17) is 0 Å². The monoisotopic (exact) mass is 157 g/mol. The van der Waals surface area contributed by atoms with E-state index >= 15 is 0 Å². The summed E-state index contributed by atoms with van der Waals surface area (Å²) in [6.07, 6.45) is 4.86. The van der Waals surface area contributed by atoms with Gasteiger partial charge in [0.1, 0.15) is 0 Å². The molecule has 1 nitrogen and oxygen atoms in total. The van der Waals surface area contributed by atoms with Crippen molar-refractivity contribution in [1.29, 1.82) is 0 Å². The first-order valence-corrected chi connectivity index (χ1v) is 4.81. The van der Waals surface area contributed by atoms with Gasteiger partial charge in [-0.15, -0.1) is 0 Å². The predicted molar refractivity (Wildman–Crippen MR) is 54.5 cm³/mol. The highest BCUT2D eigenvalue weighted by Crippen LogP contribution is 2.07. The first-order chi connectivity index (χ1) is 5.35. The van der Waals surface area contributed by atoms with Crippen LogP contribution in [0.5, 0.6) is 0 Å². The van der Waals surface area contributed by atoms with Gasteiger partial charge in [0.2, 0.25) is 0 Å². The minimum atomic E-state index is 0.528. The Labute approximate surface area is 71.9 Å². The second-order valence-corrected chi connectivity index (χ2v) is 2.41. The average Bonchev–Trinajstić information content (AvgIpc) is 2.08. The minimum absolute atomic E-state index is 0.528. The third kappa shape index (κ3) is 9.67. The zero-order chi connectivity index (χ0) is 9.11. The maximum absolute atomic E-state index is 4.02. The Kier molecular flexibility index (Phi) is 14.9. The lowest BCUT2D eigenvalue weighted by molar-refractivity contribution is 0.559. The molecule has 0 aliphatic rings. The fourth-order valence-corrected chi connectivity index (χ4v) is 0.993. The lowest BCUT2D eigenvalue weighted by Gasteiger charge is -2.06. The SMILES string of the molecule is C=NC(CCC)CCC.CC. The van der Waals surface area contributed by atoms with Crippen LogP contribution >= 0.6 is 0 Å². The Hall–Kier alpha value is -0.330.